The largest absolute Gasteiger partial charge is 0.341 e. The molecule has 1 N–H and O–H groups in total. The maximum Gasteiger partial charge on any atom is 0.181 e. The van der Waals surface area contributed by atoms with Gasteiger partial charge in [-0.2, -0.15) is 0 Å². The van der Waals surface area contributed by atoms with Crippen LogP contribution in [0.2, 0.25) is 0 Å². The van der Waals surface area contributed by atoms with E-state index in [0.717, 1.165) is 42.0 Å². The number of aromatic amines is 1. The molecule has 0 radical (unpaired) electrons. The van der Waals surface area contributed by atoms with Crippen LogP contribution in [0.5, 0.6) is 0 Å². The summed E-state index contributed by atoms with van der Waals surface area (Å²) in [5.41, 5.74) is 1.59. The van der Waals surface area contributed by atoms with Crippen LogP contribution in [0, 0.1) is 5.92 Å². The van der Waals surface area contributed by atoms with Crippen molar-refractivity contribution < 1.29 is 4.79 Å². The Hall–Kier alpha value is -1.43. The van der Waals surface area contributed by atoms with Gasteiger partial charge in [0.05, 0.1) is 6.33 Å². The molecule has 3 rings (SSSR count). The number of imidazole rings is 1. The number of aromatic nitrogens is 4. The van der Waals surface area contributed by atoms with E-state index in [0.29, 0.717) is 11.4 Å². The van der Waals surface area contributed by atoms with Crippen LogP contribution in [-0.4, -0.2) is 31.5 Å². The zero-order valence-corrected chi connectivity index (χ0v) is 10.7. The molecule has 1 fully saturated rings. The van der Waals surface area contributed by atoms with Crippen molar-refractivity contribution in [1.29, 1.82) is 0 Å². The van der Waals surface area contributed by atoms with Gasteiger partial charge in [0.1, 0.15) is 22.7 Å². The molecule has 0 saturated heterocycles. The summed E-state index contributed by atoms with van der Waals surface area (Å²) in [7, 11) is 0. The summed E-state index contributed by atoms with van der Waals surface area (Å²) in [4.78, 5) is 27.0. The molecule has 2 aromatic heterocycles. The van der Waals surface area contributed by atoms with Gasteiger partial charge in [0.2, 0.25) is 0 Å². The first-order chi connectivity index (χ1) is 8.84. The van der Waals surface area contributed by atoms with E-state index in [2.05, 4.69) is 19.9 Å². The molecule has 1 saturated carbocycles. The second-order valence-electron chi connectivity index (χ2n) is 4.47. The standard InChI is InChI=1S/C12H14N4OS/c17-9-3-1-2-8(9)4-5-18-12-10-11(14-6-13-10)15-7-16-12/h6-8H,1-5H2,(H,13,14,15,16). The predicted octanol–water partition coefficient (Wildman–Crippen LogP) is 2.20. The Labute approximate surface area is 109 Å². The highest BCUT2D eigenvalue weighted by molar-refractivity contribution is 7.99. The Bertz CT molecular complexity index is 568. The first-order valence-corrected chi connectivity index (χ1v) is 7.13. The molecule has 0 aromatic carbocycles. The molecule has 1 aliphatic carbocycles. The van der Waals surface area contributed by atoms with E-state index in [4.69, 9.17) is 0 Å². The lowest BCUT2D eigenvalue weighted by atomic mass is 10.1. The molecule has 2 heterocycles. The number of thioether (sulfide) groups is 1. The van der Waals surface area contributed by atoms with E-state index in [1.807, 2.05) is 0 Å². The lowest BCUT2D eigenvalue weighted by molar-refractivity contribution is -0.120. The normalized spacial score (nSPS) is 19.8. The fourth-order valence-corrected chi connectivity index (χ4v) is 3.36. The number of fused-ring (bicyclic) bond motifs is 1. The number of carbonyl (C=O) groups excluding carboxylic acids is 1. The van der Waals surface area contributed by atoms with Crippen molar-refractivity contribution in [3.63, 3.8) is 0 Å². The van der Waals surface area contributed by atoms with Gasteiger partial charge in [-0.15, -0.1) is 11.8 Å². The third-order valence-electron chi connectivity index (χ3n) is 3.32. The second kappa shape index (κ2) is 5.06. The van der Waals surface area contributed by atoms with Crippen molar-refractivity contribution >= 4 is 28.7 Å². The fraction of sp³-hybridized carbons (Fsp3) is 0.500. The third-order valence-corrected chi connectivity index (χ3v) is 4.35. The van der Waals surface area contributed by atoms with E-state index in [9.17, 15) is 4.79 Å². The van der Waals surface area contributed by atoms with E-state index >= 15 is 0 Å². The van der Waals surface area contributed by atoms with Crippen LogP contribution in [-0.2, 0) is 4.79 Å². The van der Waals surface area contributed by atoms with Gasteiger partial charge < -0.3 is 4.98 Å². The minimum atomic E-state index is 0.275. The van der Waals surface area contributed by atoms with Crippen molar-refractivity contribution in [3.8, 4) is 0 Å². The van der Waals surface area contributed by atoms with Crippen LogP contribution in [0.25, 0.3) is 11.2 Å². The Morgan fingerprint density at radius 3 is 3.17 bits per heavy atom. The number of rotatable bonds is 4. The van der Waals surface area contributed by atoms with Gasteiger partial charge in [0.15, 0.2) is 5.65 Å². The molecule has 5 nitrogen and oxygen atoms in total. The number of ketones is 1. The molecule has 0 amide bonds. The molecule has 1 atom stereocenters. The van der Waals surface area contributed by atoms with Crippen LogP contribution < -0.4 is 0 Å². The number of H-pyrrole nitrogens is 1. The smallest absolute Gasteiger partial charge is 0.181 e. The van der Waals surface area contributed by atoms with Crippen molar-refractivity contribution in [3.05, 3.63) is 12.7 Å². The molecule has 6 heteroatoms. The highest BCUT2D eigenvalue weighted by atomic mass is 32.2. The van der Waals surface area contributed by atoms with Crippen LogP contribution in [0.3, 0.4) is 0 Å². The van der Waals surface area contributed by atoms with Crippen LogP contribution in [0.1, 0.15) is 25.7 Å². The van der Waals surface area contributed by atoms with E-state index < -0.39 is 0 Å². The van der Waals surface area contributed by atoms with Gasteiger partial charge in [-0.3, -0.25) is 4.79 Å². The predicted molar refractivity (Wildman–Crippen MR) is 69.4 cm³/mol. The number of Topliss-reactive ketones (excluding diaryl/α,β-unsaturated/α-hetero) is 1. The lowest BCUT2D eigenvalue weighted by Crippen LogP contribution is -2.07. The molecule has 18 heavy (non-hydrogen) atoms. The highest BCUT2D eigenvalue weighted by Crippen LogP contribution is 2.28. The van der Waals surface area contributed by atoms with E-state index in [-0.39, 0.29) is 5.92 Å². The van der Waals surface area contributed by atoms with Gasteiger partial charge in [-0.1, -0.05) is 0 Å². The average molecular weight is 262 g/mol. The zero-order valence-electron chi connectivity index (χ0n) is 9.93. The summed E-state index contributed by atoms with van der Waals surface area (Å²) in [6.45, 7) is 0. The van der Waals surface area contributed by atoms with Gasteiger partial charge in [-0.25, -0.2) is 15.0 Å². The summed E-state index contributed by atoms with van der Waals surface area (Å²) in [6, 6.07) is 0. The van der Waals surface area contributed by atoms with Crippen molar-refractivity contribution in [1.82, 2.24) is 19.9 Å². The monoisotopic (exact) mass is 262 g/mol. The van der Waals surface area contributed by atoms with Crippen molar-refractivity contribution in [2.45, 2.75) is 30.7 Å². The summed E-state index contributed by atoms with van der Waals surface area (Å²) in [6.07, 6.45) is 7.00. The number of hydrogen-bond acceptors (Lipinski definition) is 5. The topological polar surface area (TPSA) is 71.5 Å². The second-order valence-corrected chi connectivity index (χ2v) is 5.56. The van der Waals surface area contributed by atoms with Crippen LogP contribution in [0.15, 0.2) is 17.7 Å². The number of hydrogen-bond donors (Lipinski definition) is 1. The van der Waals surface area contributed by atoms with Crippen molar-refractivity contribution in [2.75, 3.05) is 5.75 Å². The lowest BCUT2D eigenvalue weighted by Gasteiger charge is -2.06. The van der Waals surface area contributed by atoms with Gasteiger partial charge >= 0.3 is 0 Å². The maximum absolute atomic E-state index is 11.5. The molecule has 0 spiro atoms. The summed E-state index contributed by atoms with van der Waals surface area (Å²) >= 11 is 1.67. The fourth-order valence-electron chi connectivity index (χ4n) is 2.34. The zero-order chi connectivity index (χ0) is 12.4. The molecular weight excluding hydrogens is 248 g/mol. The number of carbonyl (C=O) groups is 1. The molecule has 0 aliphatic heterocycles. The Kier molecular flexibility index (Phi) is 3.27. The Morgan fingerprint density at radius 1 is 1.39 bits per heavy atom. The summed E-state index contributed by atoms with van der Waals surface area (Å²) < 4.78 is 0. The van der Waals surface area contributed by atoms with Gasteiger partial charge in [0, 0.05) is 18.1 Å². The molecule has 1 aliphatic rings. The number of nitrogens with one attached hydrogen (secondary N) is 1. The molecule has 0 bridgehead atoms. The minimum Gasteiger partial charge on any atom is -0.341 e. The summed E-state index contributed by atoms with van der Waals surface area (Å²) in [5, 5.41) is 0.919. The number of nitrogens with zero attached hydrogens (tertiary/aromatic N) is 3. The van der Waals surface area contributed by atoms with Crippen LogP contribution in [0.4, 0.5) is 0 Å². The highest BCUT2D eigenvalue weighted by Gasteiger charge is 2.23. The molecular formula is C12H14N4OS. The summed E-state index contributed by atoms with van der Waals surface area (Å²) in [5.74, 6) is 1.63. The van der Waals surface area contributed by atoms with Crippen LogP contribution >= 0.6 is 11.8 Å². The molecule has 94 valence electrons. The first-order valence-electron chi connectivity index (χ1n) is 6.14. The molecule has 1 unspecified atom stereocenters. The maximum atomic E-state index is 11.5. The van der Waals surface area contributed by atoms with E-state index in [1.165, 1.54) is 6.33 Å². The van der Waals surface area contributed by atoms with Crippen molar-refractivity contribution in [2.24, 2.45) is 5.92 Å². The van der Waals surface area contributed by atoms with Gasteiger partial charge in [-0.05, 0) is 19.3 Å². The Balaban J connectivity index is 1.63. The average Bonchev–Trinajstić information content (AvgIpc) is 2.99. The third kappa shape index (κ3) is 2.25. The molecule has 2 aromatic rings. The van der Waals surface area contributed by atoms with E-state index in [1.54, 1.807) is 18.1 Å². The minimum absolute atomic E-state index is 0.275. The SMILES string of the molecule is O=C1CCCC1CCSc1ncnc2nc[nH]c12. The first kappa shape index (κ1) is 11.6. The quantitative estimate of drug-likeness (QED) is 0.675. The van der Waals surface area contributed by atoms with Gasteiger partial charge in [0.25, 0.3) is 0 Å². The Morgan fingerprint density at radius 2 is 2.33 bits per heavy atom.